The van der Waals surface area contributed by atoms with Crippen molar-refractivity contribution in [3.63, 3.8) is 0 Å². The summed E-state index contributed by atoms with van der Waals surface area (Å²) in [7, 11) is 0. The van der Waals surface area contributed by atoms with E-state index in [4.69, 9.17) is 5.11 Å². The Kier molecular flexibility index (Phi) is 9.32. The summed E-state index contributed by atoms with van der Waals surface area (Å²) >= 11 is 0. The molecular formula is C29H35F2N7O. The number of likely N-dealkylation sites (tertiary alicyclic amines) is 1. The summed E-state index contributed by atoms with van der Waals surface area (Å²) in [5.41, 5.74) is 3.41. The van der Waals surface area contributed by atoms with Crippen molar-refractivity contribution in [2.24, 2.45) is 9.98 Å². The van der Waals surface area contributed by atoms with Crippen LogP contribution in [0.4, 0.5) is 14.6 Å². The van der Waals surface area contributed by atoms with Crippen molar-refractivity contribution >= 4 is 35.4 Å². The molecule has 39 heavy (non-hydrogen) atoms. The zero-order chi connectivity index (χ0) is 27.9. The van der Waals surface area contributed by atoms with E-state index in [0.717, 1.165) is 44.2 Å². The van der Waals surface area contributed by atoms with Gasteiger partial charge in [0.15, 0.2) is 11.6 Å². The topological polar surface area (TPSA) is 90.9 Å². The second-order valence-electron chi connectivity index (χ2n) is 9.79. The van der Waals surface area contributed by atoms with Gasteiger partial charge in [-0.15, -0.1) is 0 Å². The molecular weight excluding hydrogens is 500 g/mol. The Hall–Kier alpha value is -3.76. The first-order valence-electron chi connectivity index (χ1n) is 13.1. The van der Waals surface area contributed by atoms with Crippen LogP contribution in [0.25, 0.3) is 17.1 Å². The van der Waals surface area contributed by atoms with Crippen LogP contribution in [-0.2, 0) is 0 Å². The van der Waals surface area contributed by atoms with Gasteiger partial charge < -0.3 is 19.9 Å². The molecule has 2 aromatic heterocycles. The molecule has 3 heterocycles. The number of hydrogen-bond acceptors (Lipinski definition) is 7. The molecule has 3 aromatic rings. The van der Waals surface area contributed by atoms with Crippen LogP contribution < -0.4 is 5.32 Å². The van der Waals surface area contributed by atoms with Crippen molar-refractivity contribution in [1.29, 1.82) is 0 Å². The molecule has 0 spiro atoms. The van der Waals surface area contributed by atoms with Gasteiger partial charge in [-0.3, -0.25) is 9.98 Å². The summed E-state index contributed by atoms with van der Waals surface area (Å²) in [5, 5.41) is 12.2. The molecule has 8 nitrogen and oxygen atoms in total. The van der Waals surface area contributed by atoms with E-state index in [1.807, 2.05) is 37.5 Å². The van der Waals surface area contributed by atoms with E-state index in [-0.39, 0.29) is 36.1 Å². The third kappa shape index (κ3) is 6.82. The molecule has 1 fully saturated rings. The summed E-state index contributed by atoms with van der Waals surface area (Å²) in [6, 6.07) is 6.79. The number of aliphatic imine (C=N–C) groups is 2. The number of fused-ring (bicyclic) bond motifs is 1. The standard InChI is InChI=1S/C29H35F2N7O/c1-19(2)38-20(3)36-29-24(30)14-23(15-26(29)38)28(25(31)17-32-4)35-18-34-27-6-5-22(16-33-27)13-21-7-9-37(10-8-21)11-12-39/h5-6,13-17,19,39H,4,7-12,18H2,1-3H3,(H,33,34)/b25-17+,35-28?. The average molecular weight is 536 g/mol. The molecule has 0 radical (unpaired) electrons. The van der Waals surface area contributed by atoms with Gasteiger partial charge in [0.1, 0.15) is 29.5 Å². The van der Waals surface area contributed by atoms with Crippen molar-refractivity contribution in [3.05, 3.63) is 70.8 Å². The lowest BCUT2D eigenvalue weighted by Gasteiger charge is -2.27. The van der Waals surface area contributed by atoms with Gasteiger partial charge in [-0.1, -0.05) is 11.6 Å². The zero-order valence-corrected chi connectivity index (χ0v) is 22.7. The number of pyridine rings is 1. The molecule has 0 aliphatic carbocycles. The van der Waals surface area contributed by atoms with Gasteiger partial charge in [0.05, 0.1) is 18.3 Å². The zero-order valence-electron chi connectivity index (χ0n) is 22.7. The summed E-state index contributed by atoms with van der Waals surface area (Å²) in [4.78, 5) is 19.0. The largest absolute Gasteiger partial charge is 0.395 e. The lowest BCUT2D eigenvalue weighted by molar-refractivity contribution is 0.187. The summed E-state index contributed by atoms with van der Waals surface area (Å²) in [6.45, 7) is 11.9. The van der Waals surface area contributed by atoms with Crippen molar-refractivity contribution in [3.8, 4) is 0 Å². The maximum Gasteiger partial charge on any atom is 0.167 e. The number of anilines is 1. The van der Waals surface area contributed by atoms with E-state index >= 15 is 8.78 Å². The summed E-state index contributed by atoms with van der Waals surface area (Å²) in [6.07, 6.45) is 6.84. The number of β-amino-alcohol motifs (C(OH)–C–C–N with tert-alkyl or cyclic N) is 1. The van der Waals surface area contributed by atoms with Crippen LogP contribution in [0.2, 0.25) is 0 Å². The van der Waals surface area contributed by atoms with E-state index in [1.165, 1.54) is 11.6 Å². The molecule has 4 rings (SSSR count). The normalized spacial score (nSPS) is 15.3. The number of aliphatic hydroxyl groups is 1. The molecule has 2 N–H and O–H groups in total. The highest BCUT2D eigenvalue weighted by molar-refractivity contribution is 6.12. The third-order valence-corrected chi connectivity index (χ3v) is 6.71. The molecule has 1 aromatic carbocycles. The van der Waals surface area contributed by atoms with Gasteiger partial charge >= 0.3 is 0 Å². The second-order valence-corrected chi connectivity index (χ2v) is 9.79. The number of nitrogens with one attached hydrogen (secondary N) is 1. The minimum Gasteiger partial charge on any atom is -0.395 e. The molecule has 206 valence electrons. The molecule has 1 saturated heterocycles. The number of allylic oxidation sites excluding steroid dienone is 1. The first-order chi connectivity index (χ1) is 18.8. The Morgan fingerprint density at radius 1 is 1.26 bits per heavy atom. The van der Waals surface area contributed by atoms with Gasteiger partial charge in [-0.2, -0.15) is 0 Å². The monoisotopic (exact) mass is 535 g/mol. The second kappa shape index (κ2) is 12.9. The van der Waals surface area contributed by atoms with Crippen molar-refractivity contribution < 1.29 is 13.9 Å². The number of benzene rings is 1. The maximum absolute atomic E-state index is 15.0. The van der Waals surface area contributed by atoms with Gasteiger partial charge in [-0.05, 0) is 70.2 Å². The highest BCUT2D eigenvalue weighted by Gasteiger charge is 2.19. The van der Waals surface area contributed by atoms with E-state index in [2.05, 4.69) is 43.0 Å². The quantitative estimate of drug-likeness (QED) is 0.344. The molecule has 10 heteroatoms. The molecule has 0 saturated carbocycles. The van der Waals surface area contributed by atoms with E-state index in [0.29, 0.717) is 17.2 Å². The minimum atomic E-state index is -0.724. The van der Waals surface area contributed by atoms with Crippen LogP contribution >= 0.6 is 0 Å². The number of aliphatic hydroxyl groups excluding tert-OH is 1. The summed E-state index contributed by atoms with van der Waals surface area (Å²) < 4.78 is 31.9. The first kappa shape index (κ1) is 28.3. The van der Waals surface area contributed by atoms with Gasteiger partial charge in [0.2, 0.25) is 0 Å². The third-order valence-electron chi connectivity index (χ3n) is 6.71. The molecule has 0 bridgehead atoms. The Bertz CT molecular complexity index is 1400. The highest BCUT2D eigenvalue weighted by Crippen LogP contribution is 2.26. The Balaban J connectivity index is 1.51. The van der Waals surface area contributed by atoms with Gasteiger partial charge in [0, 0.05) is 37.4 Å². The van der Waals surface area contributed by atoms with E-state index < -0.39 is 11.6 Å². The van der Waals surface area contributed by atoms with E-state index in [1.54, 1.807) is 12.3 Å². The van der Waals surface area contributed by atoms with Gasteiger partial charge in [-0.25, -0.2) is 18.7 Å². The number of imidazole rings is 1. The summed E-state index contributed by atoms with van der Waals surface area (Å²) in [5.74, 6) is -0.00925. The molecule has 0 atom stereocenters. The van der Waals surface area contributed by atoms with Crippen molar-refractivity contribution in [2.75, 3.05) is 38.2 Å². The number of piperidine rings is 1. The van der Waals surface area contributed by atoms with E-state index in [9.17, 15) is 0 Å². The fourth-order valence-electron chi connectivity index (χ4n) is 4.88. The number of nitrogens with zero attached hydrogens (tertiary/aromatic N) is 6. The Morgan fingerprint density at radius 2 is 2.03 bits per heavy atom. The van der Waals surface area contributed by atoms with Crippen LogP contribution in [-0.4, -0.2) is 69.9 Å². The highest BCUT2D eigenvalue weighted by atomic mass is 19.1. The number of rotatable bonds is 10. The van der Waals surface area contributed by atoms with Crippen molar-refractivity contribution in [2.45, 2.75) is 39.7 Å². The lowest BCUT2D eigenvalue weighted by Crippen LogP contribution is -2.32. The van der Waals surface area contributed by atoms with Crippen LogP contribution in [0, 0.1) is 12.7 Å². The van der Waals surface area contributed by atoms with Crippen molar-refractivity contribution in [1.82, 2.24) is 19.4 Å². The lowest BCUT2D eigenvalue weighted by atomic mass is 10.0. The Labute approximate surface area is 227 Å². The smallest absolute Gasteiger partial charge is 0.167 e. The van der Waals surface area contributed by atoms with Gasteiger partial charge in [0.25, 0.3) is 0 Å². The number of aryl methyl sites for hydroxylation is 1. The molecule has 1 aliphatic rings. The fourth-order valence-corrected chi connectivity index (χ4v) is 4.88. The SMILES string of the molecule is C=N/C=C(/F)C(=NCNc1ccc(C=C2CCN(CCO)CC2)cn1)c1cc(F)c2nc(C)n(C(C)C)c2c1. The van der Waals surface area contributed by atoms with Crippen LogP contribution in [0.15, 0.2) is 58.0 Å². The minimum absolute atomic E-state index is 0.0178. The maximum atomic E-state index is 15.0. The van der Waals surface area contributed by atoms with Crippen LogP contribution in [0.3, 0.4) is 0 Å². The number of aromatic nitrogens is 3. The number of halogens is 2. The first-order valence-corrected chi connectivity index (χ1v) is 13.1. The average Bonchev–Trinajstić information content (AvgIpc) is 3.25. The predicted octanol–water partition coefficient (Wildman–Crippen LogP) is 5.30. The number of hydrogen-bond donors (Lipinski definition) is 2. The molecule has 1 aliphatic heterocycles. The van der Waals surface area contributed by atoms with Crippen LogP contribution in [0.5, 0.6) is 0 Å². The van der Waals surface area contributed by atoms with Crippen LogP contribution in [0.1, 0.15) is 49.7 Å². The molecule has 0 amide bonds. The Morgan fingerprint density at radius 3 is 2.67 bits per heavy atom. The fraction of sp³-hybridized carbons (Fsp3) is 0.379. The predicted molar refractivity (Wildman–Crippen MR) is 154 cm³/mol. The molecule has 0 unspecified atom stereocenters.